The Labute approximate surface area is 312 Å². The van der Waals surface area contributed by atoms with Crippen LogP contribution in [-0.4, -0.2) is 54.6 Å². The molecule has 0 saturated heterocycles. The number of amides is 1. The van der Waals surface area contributed by atoms with E-state index in [0.717, 1.165) is 54.7 Å². The summed E-state index contributed by atoms with van der Waals surface area (Å²) in [5, 5.41) is 5.04. The van der Waals surface area contributed by atoms with Gasteiger partial charge in [0.2, 0.25) is 0 Å². The molecule has 3 aliphatic rings. The predicted octanol–water partition coefficient (Wildman–Crippen LogP) is 11.1. The smallest absolute Gasteiger partial charge is 0.433 e. The van der Waals surface area contributed by atoms with Crippen LogP contribution in [0, 0.1) is 16.7 Å². The fraction of sp³-hybridized carbons (Fsp3) is 0.711. The number of alkyl halides is 3. The predicted molar refractivity (Wildman–Crippen MR) is 196 cm³/mol. The first-order chi connectivity index (χ1) is 24.1. The van der Waals surface area contributed by atoms with E-state index in [1.165, 1.54) is 12.8 Å². The van der Waals surface area contributed by atoms with Crippen molar-refractivity contribution in [3.8, 4) is 0 Å². The highest BCUT2D eigenvalue weighted by Crippen LogP contribution is 2.57. The van der Waals surface area contributed by atoms with E-state index in [-0.39, 0.29) is 25.0 Å². The third-order valence-electron chi connectivity index (χ3n) is 12.4. The summed E-state index contributed by atoms with van der Waals surface area (Å²) in [6, 6.07) is 7.10. The van der Waals surface area contributed by atoms with Crippen LogP contribution in [0.1, 0.15) is 133 Å². The standard InChI is InChI=1S/C38H54Cl2F3N3O4Si/c1-6-49-35(48)36(5)17-15-27(16-18-36)46-33(38(41,42)43)28(23-44-46)34(47)45(24-26-13-19-37(20-14-26)21-22-37)25-31(50-51(7-2,8-3)9-4)32-29(39)11-10-12-30(32)40/h10-12,23,26-27,31H,6-9,13-22,24-25H2,1-5H3/t27-,31?,36-. The van der Waals surface area contributed by atoms with Gasteiger partial charge in [0, 0.05) is 22.2 Å². The second-order valence-electron chi connectivity index (χ2n) is 15.5. The molecule has 1 spiro atoms. The molecule has 1 aromatic heterocycles. The van der Waals surface area contributed by atoms with Crippen LogP contribution in [0.4, 0.5) is 13.2 Å². The fourth-order valence-corrected chi connectivity index (χ4v) is 11.9. The highest BCUT2D eigenvalue weighted by Gasteiger charge is 2.48. The molecular formula is C38H54Cl2F3N3O4Si. The highest BCUT2D eigenvalue weighted by atomic mass is 35.5. The Bertz CT molecular complexity index is 1500. The average Bonchev–Trinajstić information content (AvgIpc) is 3.70. The van der Waals surface area contributed by atoms with Gasteiger partial charge in [-0.25, -0.2) is 0 Å². The zero-order valence-electron chi connectivity index (χ0n) is 30.7. The lowest BCUT2D eigenvalue weighted by Crippen LogP contribution is -2.44. The SMILES string of the molecule is CCOC(=O)[C@]1(C)CC[C@@H](n2ncc(C(=O)N(CC3CCC4(CC3)CC4)CC(O[Si](CC)(CC)CC)c3c(Cl)cccc3Cl)c2C(F)(F)F)CC1. The van der Waals surface area contributed by atoms with Gasteiger partial charge in [-0.2, -0.15) is 18.3 Å². The zero-order chi connectivity index (χ0) is 37.2. The van der Waals surface area contributed by atoms with Crippen LogP contribution in [0.2, 0.25) is 28.2 Å². The third kappa shape index (κ3) is 8.84. The molecule has 5 rings (SSSR count). The number of hydrogen-bond acceptors (Lipinski definition) is 5. The molecule has 1 heterocycles. The van der Waals surface area contributed by atoms with Gasteiger partial charge in [0.15, 0.2) is 14.0 Å². The molecule has 0 N–H and O–H groups in total. The molecule has 0 radical (unpaired) electrons. The number of rotatable bonds is 14. The lowest BCUT2D eigenvalue weighted by Gasteiger charge is -2.38. The summed E-state index contributed by atoms with van der Waals surface area (Å²) in [5.41, 5.74) is -1.30. The van der Waals surface area contributed by atoms with E-state index in [9.17, 15) is 9.59 Å². The number of hydrogen-bond donors (Lipinski definition) is 0. The number of carbonyl (C=O) groups excluding carboxylic acids is 2. The van der Waals surface area contributed by atoms with Gasteiger partial charge in [-0.05, 0) is 120 Å². The molecule has 1 atom stereocenters. The van der Waals surface area contributed by atoms with Crippen molar-refractivity contribution in [1.82, 2.24) is 14.7 Å². The van der Waals surface area contributed by atoms with Gasteiger partial charge in [0.1, 0.15) is 0 Å². The Hall–Kier alpha value is -2.08. The Morgan fingerprint density at radius 3 is 2.08 bits per heavy atom. The largest absolute Gasteiger partial charge is 0.466 e. The summed E-state index contributed by atoms with van der Waals surface area (Å²) < 4.78 is 58.5. The fourth-order valence-electron chi connectivity index (χ4n) is 8.45. The van der Waals surface area contributed by atoms with E-state index in [0.29, 0.717) is 53.3 Å². The van der Waals surface area contributed by atoms with Gasteiger partial charge in [-0.3, -0.25) is 14.3 Å². The minimum atomic E-state index is -4.84. The highest BCUT2D eigenvalue weighted by molar-refractivity contribution is 6.73. The first-order valence-electron chi connectivity index (χ1n) is 18.9. The summed E-state index contributed by atoms with van der Waals surface area (Å²) in [5.74, 6) is -0.907. The molecule has 3 saturated carbocycles. The average molecular weight is 773 g/mol. The first kappa shape index (κ1) is 40.1. The van der Waals surface area contributed by atoms with Crippen LogP contribution in [0.15, 0.2) is 24.4 Å². The van der Waals surface area contributed by atoms with E-state index in [2.05, 4.69) is 25.9 Å². The van der Waals surface area contributed by atoms with E-state index in [1.54, 1.807) is 36.9 Å². The lowest BCUT2D eigenvalue weighted by molar-refractivity contribution is -0.157. The maximum Gasteiger partial charge on any atom is 0.433 e. The normalized spacial score (nSPS) is 22.9. The molecule has 51 heavy (non-hydrogen) atoms. The molecule has 284 valence electrons. The van der Waals surface area contributed by atoms with Crippen LogP contribution in [0.3, 0.4) is 0 Å². The van der Waals surface area contributed by atoms with Crippen LogP contribution >= 0.6 is 23.2 Å². The Morgan fingerprint density at radius 1 is 0.980 bits per heavy atom. The van der Waals surface area contributed by atoms with Gasteiger partial charge in [-0.15, -0.1) is 0 Å². The zero-order valence-corrected chi connectivity index (χ0v) is 33.2. The minimum Gasteiger partial charge on any atom is -0.466 e. The summed E-state index contributed by atoms with van der Waals surface area (Å²) in [6.45, 7) is 10.4. The van der Waals surface area contributed by atoms with Crippen molar-refractivity contribution in [2.75, 3.05) is 19.7 Å². The molecule has 2 aromatic rings. The van der Waals surface area contributed by atoms with Gasteiger partial charge in [0.25, 0.3) is 5.91 Å². The number of nitrogens with zero attached hydrogens (tertiary/aromatic N) is 3. The van der Waals surface area contributed by atoms with Crippen molar-refractivity contribution < 1.29 is 31.9 Å². The van der Waals surface area contributed by atoms with E-state index >= 15 is 13.2 Å². The molecule has 1 aromatic carbocycles. The third-order valence-corrected chi connectivity index (χ3v) is 17.7. The second-order valence-corrected chi connectivity index (χ2v) is 21.0. The van der Waals surface area contributed by atoms with Gasteiger partial charge >= 0.3 is 12.1 Å². The Morgan fingerprint density at radius 2 is 1.57 bits per heavy atom. The molecule has 0 bridgehead atoms. The molecule has 7 nitrogen and oxygen atoms in total. The maximum atomic E-state index is 15.1. The van der Waals surface area contributed by atoms with Crippen molar-refractivity contribution in [2.45, 2.75) is 135 Å². The van der Waals surface area contributed by atoms with Crippen LogP contribution in [0.5, 0.6) is 0 Å². The van der Waals surface area contributed by atoms with Crippen LogP contribution in [0.25, 0.3) is 0 Å². The van der Waals surface area contributed by atoms with Crippen molar-refractivity contribution in [3.05, 3.63) is 51.3 Å². The number of ether oxygens (including phenoxy) is 1. The first-order valence-corrected chi connectivity index (χ1v) is 22.1. The molecular weight excluding hydrogens is 718 g/mol. The molecule has 3 fully saturated rings. The number of aromatic nitrogens is 2. The maximum absolute atomic E-state index is 15.1. The van der Waals surface area contributed by atoms with Crippen LogP contribution < -0.4 is 0 Å². The van der Waals surface area contributed by atoms with E-state index < -0.39 is 49.2 Å². The van der Waals surface area contributed by atoms with Gasteiger partial charge < -0.3 is 14.1 Å². The molecule has 13 heteroatoms. The van der Waals surface area contributed by atoms with Crippen molar-refractivity contribution in [3.63, 3.8) is 0 Å². The number of benzene rings is 1. The minimum absolute atomic E-state index is 0.0163. The van der Waals surface area contributed by atoms with Crippen molar-refractivity contribution in [2.24, 2.45) is 16.7 Å². The summed E-state index contributed by atoms with van der Waals surface area (Å²) in [7, 11) is -2.32. The van der Waals surface area contributed by atoms with Gasteiger partial charge in [-0.1, -0.05) is 50.0 Å². The monoisotopic (exact) mass is 771 g/mol. The number of halogens is 5. The number of esters is 1. The second kappa shape index (κ2) is 16.1. The van der Waals surface area contributed by atoms with E-state index in [4.69, 9.17) is 32.4 Å². The lowest BCUT2D eigenvalue weighted by atomic mass is 9.74. The van der Waals surface area contributed by atoms with E-state index in [1.807, 2.05) is 0 Å². The number of carbonyl (C=O) groups is 2. The topological polar surface area (TPSA) is 73.7 Å². The Kier molecular flexibility index (Phi) is 12.7. The quantitative estimate of drug-likeness (QED) is 0.141. The Balaban J connectivity index is 1.51. The van der Waals surface area contributed by atoms with Gasteiger partial charge in [0.05, 0.1) is 42.5 Å². The van der Waals surface area contributed by atoms with Crippen molar-refractivity contribution in [1.29, 1.82) is 0 Å². The van der Waals surface area contributed by atoms with Crippen LogP contribution in [-0.2, 0) is 20.1 Å². The van der Waals surface area contributed by atoms with Crippen molar-refractivity contribution >= 4 is 43.4 Å². The summed E-state index contributed by atoms with van der Waals surface area (Å²) in [6.07, 6.45) is 3.32. The summed E-state index contributed by atoms with van der Waals surface area (Å²) >= 11 is 13.6. The molecule has 1 unspecified atom stereocenters. The summed E-state index contributed by atoms with van der Waals surface area (Å²) in [4.78, 5) is 28.9. The molecule has 1 amide bonds. The molecule has 0 aliphatic heterocycles. The molecule has 3 aliphatic carbocycles.